The minimum absolute atomic E-state index is 0. The van der Waals surface area contributed by atoms with Crippen LogP contribution in [0.5, 0.6) is 0 Å². The van der Waals surface area contributed by atoms with E-state index in [1.165, 1.54) is 109 Å². The molecule has 0 N–H and O–H groups in total. The third-order valence-corrected chi connectivity index (χ3v) is 4.68. The lowest BCUT2D eigenvalue weighted by molar-refractivity contribution is -0.870. The second-order valence-corrected chi connectivity index (χ2v) is 8.32. The first-order valence-corrected chi connectivity index (χ1v) is 10.4. The lowest BCUT2D eigenvalue weighted by Crippen LogP contribution is -3.00. The molecule has 0 aliphatic heterocycles. The van der Waals surface area contributed by atoms with Crippen molar-refractivity contribution in [3.8, 4) is 0 Å². The maximum absolute atomic E-state index is 2.30. The number of halogens is 1. The zero-order chi connectivity index (χ0) is 16.5. The Hall–Kier alpha value is 0.250. The van der Waals surface area contributed by atoms with Crippen LogP contribution >= 0.6 is 0 Å². The fourth-order valence-electron chi connectivity index (χ4n) is 3.13. The van der Waals surface area contributed by atoms with Crippen LogP contribution in [0.1, 0.15) is 117 Å². The molecule has 0 radical (unpaired) electrons. The van der Waals surface area contributed by atoms with Crippen molar-refractivity contribution in [2.24, 2.45) is 0 Å². The monoisotopic (exact) mass is 363 g/mol. The highest BCUT2D eigenvalue weighted by atomic mass is 35.5. The zero-order valence-corrected chi connectivity index (χ0v) is 17.6. The molecule has 0 aromatic heterocycles. The van der Waals surface area contributed by atoms with E-state index >= 15 is 0 Å². The minimum Gasteiger partial charge on any atom is -1.00 e. The zero-order valence-electron chi connectivity index (χ0n) is 16.8. The number of quaternary nitrogens is 1. The third kappa shape index (κ3) is 27.1. The molecular formula is C22H50ClN. The van der Waals surface area contributed by atoms with Gasteiger partial charge in [0, 0.05) is 0 Å². The van der Waals surface area contributed by atoms with Gasteiger partial charge in [-0.1, -0.05) is 104 Å². The molecule has 0 aromatic carbocycles. The number of hydrogen-bond donors (Lipinski definition) is 0. The predicted octanol–water partition coefficient (Wildman–Crippen LogP) is 4.59. The fourth-order valence-corrected chi connectivity index (χ4v) is 3.13. The second-order valence-electron chi connectivity index (χ2n) is 8.32. The van der Waals surface area contributed by atoms with Gasteiger partial charge in [-0.3, -0.25) is 0 Å². The highest BCUT2D eigenvalue weighted by Crippen LogP contribution is 2.13. The highest BCUT2D eigenvalue weighted by Gasteiger charge is 2.04. The lowest BCUT2D eigenvalue weighted by atomic mass is 10.0. The molecule has 24 heavy (non-hydrogen) atoms. The minimum atomic E-state index is 0. The van der Waals surface area contributed by atoms with Crippen molar-refractivity contribution < 1.29 is 16.9 Å². The molecule has 0 saturated heterocycles. The highest BCUT2D eigenvalue weighted by molar-refractivity contribution is 4.49. The van der Waals surface area contributed by atoms with Crippen molar-refractivity contribution >= 4 is 0 Å². The molecule has 0 aliphatic rings. The SMILES string of the molecule is C.CCCCCCCCCCCCCCCCCC[N+](C)(C)C.[Cl-]. The normalized spacial score (nSPS) is 11.0. The van der Waals surface area contributed by atoms with E-state index in [1.54, 1.807) is 0 Å². The average Bonchev–Trinajstić information content (AvgIpc) is 2.45. The van der Waals surface area contributed by atoms with Gasteiger partial charge in [0.05, 0.1) is 27.7 Å². The van der Waals surface area contributed by atoms with Crippen LogP contribution in [0, 0.1) is 0 Å². The van der Waals surface area contributed by atoms with E-state index in [4.69, 9.17) is 0 Å². The van der Waals surface area contributed by atoms with Crippen LogP contribution in [-0.2, 0) is 0 Å². The van der Waals surface area contributed by atoms with Crippen molar-refractivity contribution in [3.63, 3.8) is 0 Å². The summed E-state index contributed by atoms with van der Waals surface area (Å²) in [6.07, 6.45) is 23.4. The number of nitrogens with zero attached hydrogens (tertiary/aromatic N) is 1. The predicted molar refractivity (Wildman–Crippen MR) is 109 cm³/mol. The summed E-state index contributed by atoms with van der Waals surface area (Å²) in [5.41, 5.74) is 0. The van der Waals surface area contributed by atoms with Gasteiger partial charge in [-0.15, -0.1) is 0 Å². The van der Waals surface area contributed by atoms with Crippen molar-refractivity contribution in [1.29, 1.82) is 0 Å². The van der Waals surface area contributed by atoms with E-state index in [0.29, 0.717) is 0 Å². The Balaban J connectivity index is -0.00000220. The van der Waals surface area contributed by atoms with E-state index in [1.807, 2.05) is 0 Å². The number of unbranched alkanes of at least 4 members (excludes halogenated alkanes) is 15. The van der Waals surface area contributed by atoms with Gasteiger partial charge in [0.15, 0.2) is 0 Å². The van der Waals surface area contributed by atoms with Crippen LogP contribution in [0.2, 0.25) is 0 Å². The molecule has 0 aliphatic carbocycles. The summed E-state index contributed by atoms with van der Waals surface area (Å²) in [5.74, 6) is 0. The standard InChI is InChI=1S/C21H46N.CH4.ClH/c1-5-6-7-8-9-10-11-12-13-14-15-16-17-18-19-20-21-22(2,3)4;;/h5-21H2,1-4H3;1H4;1H/q+1;;/p-1. The fraction of sp³-hybridized carbons (Fsp3) is 1.00. The topological polar surface area (TPSA) is 0 Å². The van der Waals surface area contributed by atoms with Crippen molar-refractivity contribution in [2.75, 3.05) is 27.7 Å². The molecular weight excluding hydrogens is 314 g/mol. The number of hydrogen-bond acceptors (Lipinski definition) is 0. The smallest absolute Gasteiger partial charge is 0.0780 e. The first-order valence-electron chi connectivity index (χ1n) is 10.4. The van der Waals surface area contributed by atoms with E-state index < -0.39 is 0 Å². The first-order chi connectivity index (χ1) is 10.6. The summed E-state index contributed by atoms with van der Waals surface area (Å²) in [6.45, 7) is 3.63. The Bertz CT molecular complexity index is 211. The summed E-state index contributed by atoms with van der Waals surface area (Å²) in [7, 11) is 6.89. The molecule has 0 rings (SSSR count). The van der Waals surface area contributed by atoms with E-state index in [2.05, 4.69) is 28.1 Å². The Morgan fingerprint density at radius 3 is 0.958 bits per heavy atom. The van der Waals surface area contributed by atoms with Crippen molar-refractivity contribution in [3.05, 3.63) is 0 Å². The quantitative estimate of drug-likeness (QED) is 0.262. The molecule has 0 heterocycles. The summed E-state index contributed by atoms with van der Waals surface area (Å²) in [5, 5.41) is 0. The van der Waals surface area contributed by atoms with Gasteiger partial charge >= 0.3 is 0 Å². The van der Waals surface area contributed by atoms with E-state index in [9.17, 15) is 0 Å². The van der Waals surface area contributed by atoms with Crippen LogP contribution in [-0.4, -0.2) is 32.2 Å². The maximum atomic E-state index is 2.30. The summed E-state index contributed by atoms with van der Waals surface area (Å²) in [6, 6.07) is 0. The molecule has 0 amide bonds. The summed E-state index contributed by atoms with van der Waals surface area (Å²) >= 11 is 0. The molecule has 0 saturated carbocycles. The molecule has 150 valence electrons. The first kappa shape index (κ1) is 29.0. The lowest BCUT2D eigenvalue weighted by Gasteiger charge is -2.23. The molecule has 1 nitrogen and oxygen atoms in total. The molecule has 2 heteroatoms. The Kier molecular flexibility index (Phi) is 25.8. The third-order valence-electron chi connectivity index (χ3n) is 4.68. The number of rotatable bonds is 17. The average molecular weight is 364 g/mol. The molecule has 0 atom stereocenters. The van der Waals surface area contributed by atoms with Gasteiger partial charge in [-0.05, 0) is 12.8 Å². The summed E-state index contributed by atoms with van der Waals surface area (Å²) in [4.78, 5) is 0. The van der Waals surface area contributed by atoms with E-state index in [-0.39, 0.29) is 19.8 Å². The molecule has 0 spiro atoms. The molecule has 0 unspecified atom stereocenters. The van der Waals surface area contributed by atoms with Gasteiger partial charge in [0.25, 0.3) is 0 Å². The molecule has 0 aromatic rings. The second kappa shape index (κ2) is 21.3. The Labute approximate surface area is 162 Å². The van der Waals surface area contributed by atoms with Crippen LogP contribution in [0.25, 0.3) is 0 Å². The summed E-state index contributed by atoms with van der Waals surface area (Å²) < 4.78 is 1.12. The van der Waals surface area contributed by atoms with Gasteiger partial charge in [-0.25, -0.2) is 0 Å². The molecule has 0 fully saturated rings. The Morgan fingerprint density at radius 2 is 0.708 bits per heavy atom. The van der Waals surface area contributed by atoms with Gasteiger partial charge in [-0.2, -0.15) is 0 Å². The van der Waals surface area contributed by atoms with Crippen LogP contribution < -0.4 is 12.4 Å². The Morgan fingerprint density at radius 1 is 0.458 bits per heavy atom. The van der Waals surface area contributed by atoms with Gasteiger partial charge in [0.2, 0.25) is 0 Å². The van der Waals surface area contributed by atoms with E-state index in [0.717, 1.165) is 4.48 Å². The van der Waals surface area contributed by atoms with Gasteiger partial charge in [0.1, 0.15) is 0 Å². The largest absolute Gasteiger partial charge is 1.00 e. The van der Waals surface area contributed by atoms with Crippen LogP contribution in [0.15, 0.2) is 0 Å². The van der Waals surface area contributed by atoms with Crippen molar-refractivity contribution in [2.45, 2.75) is 117 Å². The van der Waals surface area contributed by atoms with Crippen LogP contribution in [0.3, 0.4) is 0 Å². The maximum Gasteiger partial charge on any atom is 0.0780 e. The van der Waals surface area contributed by atoms with Crippen LogP contribution in [0.4, 0.5) is 0 Å². The van der Waals surface area contributed by atoms with Crippen molar-refractivity contribution in [1.82, 2.24) is 0 Å². The molecule has 0 bridgehead atoms. The van der Waals surface area contributed by atoms with Gasteiger partial charge < -0.3 is 16.9 Å².